The van der Waals surface area contributed by atoms with Crippen molar-refractivity contribution in [2.45, 2.75) is 6.18 Å². The van der Waals surface area contributed by atoms with Crippen molar-refractivity contribution in [3.63, 3.8) is 0 Å². The average molecular weight is 443 g/mol. The molecule has 0 saturated heterocycles. The van der Waals surface area contributed by atoms with Gasteiger partial charge in [0.1, 0.15) is 0 Å². The average Bonchev–Trinajstić information content (AvgIpc) is 3.12. The summed E-state index contributed by atoms with van der Waals surface area (Å²) in [5.74, 6) is 0. The molecular formula is C22H15F3N2Se. The number of aromatic nitrogens is 2. The fourth-order valence-electron chi connectivity index (χ4n) is 2.87. The summed E-state index contributed by atoms with van der Waals surface area (Å²) in [7, 11) is 0. The van der Waals surface area contributed by atoms with Crippen molar-refractivity contribution in [3.8, 4) is 16.9 Å². The van der Waals surface area contributed by atoms with Gasteiger partial charge in [-0.15, -0.1) is 0 Å². The zero-order valence-corrected chi connectivity index (χ0v) is 16.3. The summed E-state index contributed by atoms with van der Waals surface area (Å²) in [5, 5.41) is 4.50. The Morgan fingerprint density at radius 1 is 0.750 bits per heavy atom. The van der Waals surface area contributed by atoms with Crippen LogP contribution in [0.5, 0.6) is 0 Å². The summed E-state index contributed by atoms with van der Waals surface area (Å²) < 4.78 is 42.7. The van der Waals surface area contributed by atoms with E-state index in [4.69, 9.17) is 0 Å². The summed E-state index contributed by atoms with van der Waals surface area (Å²) >= 11 is 0.0244. The molecule has 0 aliphatic carbocycles. The van der Waals surface area contributed by atoms with Gasteiger partial charge in [0.05, 0.1) is 0 Å². The summed E-state index contributed by atoms with van der Waals surface area (Å²) in [6.07, 6.45) is -2.54. The topological polar surface area (TPSA) is 17.8 Å². The third-order valence-electron chi connectivity index (χ3n) is 4.19. The van der Waals surface area contributed by atoms with Crippen LogP contribution in [0.1, 0.15) is 5.56 Å². The predicted octanol–water partition coefficient (Wildman–Crippen LogP) is 4.21. The van der Waals surface area contributed by atoms with Crippen molar-refractivity contribution in [2.24, 2.45) is 0 Å². The second-order valence-corrected chi connectivity index (χ2v) is 8.44. The first kappa shape index (κ1) is 18.5. The van der Waals surface area contributed by atoms with Crippen LogP contribution >= 0.6 is 0 Å². The second kappa shape index (κ2) is 7.66. The first-order valence-electron chi connectivity index (χ1n) is 8.56. The summed E-state index contributed by atoms with van der Waals surface area (Å²) in [6, 6.07) is 25.0. The van der Waals surface area contributed by atoms with Crippen LogP contribution in [-0.2, 0) is 6.18 Å². The van der Waals surface area contributed by atoms with Crippen LogP contribution in [0.2, 0.25) is 0 Å². The minimum absolute atomic E-state index is 0.0244. The van der Waals surface area contributed by atoms with Gasteiger partial charge in [-0.1, -0.05) is 0 Å². The Morgan fingerprint density at radius 2 is 1.36 bits per heavy atom. The molecule has 1 heterocycles. The quantitative estimate of drug-likeness (QED) is 0.432. The molecule has 28 heavy (non-hydrogen) atoms. The van der Waals surface area contributed by atoms with E-state index in [1.165, 1.54) is 16.6 Å². The van der Waals surface area contributed by atoms with Gasteiger partial charge in [-0.2, -0.15) is 0 Å². The van der Waals surface area contributed by atoms with E-state index >= 15 is 0 Å². The fraction of sp³-hybridized carbons (Fsp3) is 0.0455. The van der Waals surface area contributed by atoms with Crippen molar-refractivity contribution >= 4 is 23.9 Å². The van der Waals surface area contributed by atoms with Crippen molar-refractivity contribution < 1.29 is 13.2 Å². The van der Waals surface area contributed by atoms with Crippen LogP contribution in [-0.4, -0.2) is 24.7 Å². The number of hydrogen-bond acceptors (Lipinski definition) is 1. The van der Waals surface area contributed by atoms with Crippen molar-refractivity contribution in [3.05, 3.63) is 96.7 Å². The number of benzene rings is 3. The maximum atomic E-state index is 12.9. The predicted molar refractivity (Wildman–Crippen MR) is 105 cm³/mol. The normalized spacial score (nSPS) is 11.5. The summed E-state index contributed by atoms with van der Waals surface area (Å²) in [4.78, 5) is 0. The van der Waals surface area contributed by atoms with Gasteiger partial charge in [-0.3, -0.25) is 0 Å². The first-order valence-corrected chi connectivity index (χ1v) is 10.3. The molecule has 6 heteroatoms. The Hall–Kier alpha value is -2.82. The van der Waals surface area contributed by atoms with E-state index in [1.54, 1.807) is 4.68 Å². The molecule has 0 fully saturated rings. The molecule has 4 aromatic rings. The van der Waals surface area contributed by atoms with Gasteiger partial charge < -0.3 is 0 Å². The zero-order chi connectivity index (χ0) is 19.6. The molecule has 0 aliphatic heterocycles. The van der Waals surface area contributed by atoms with Crippen LogP contribution in [0.15, 0.2) is 91.1 Å². The van der Waals surface area contributed by atoms with E-state index in [9.17, 15) is 13.2 Å². The van der Waals surface area contributed by atoms with E-state index in [0.717, 1.165) is 27.9 Å². The Bertz CT molecular complexity index is 1060. The van der Waals surface area contributed by atoms with Gasteiger partial charge in [-0.25, -0.2) is 0 Å². The van der Waals surface area contributed by atoms with E-state index < -0.39 is 11.7 Å². The summed E-state index contributed by atoms with van der Waals surface area (Å²) in [5.41, 5.74) is 1.82. The molecule has 140 valence electrons. The molecule has 0 aliphatic rings. The minimum atomic E-state index is -4.35. The Labute approximate surface area is 166 Å². The number of rotatable bonds is 4. The van der Waals surface area contributed by atoms with E-state index in [1.807, 2.05) is 54.7 Å². The van der Waals surface area contributed by atoms with Gasteiger partial charge in [0.15, 0.2) is 0 Å². The van der Waals surface area contributed by atoms with Gasteiger partial charge >= 0.3 is 167 Å². The molecule has 0 amide bonds. The molecule has 0 atom stereocenters. The number of hydrogen-bond donors (Lipinski definition) is 0. The van der Waals surface area contributed by atoms with Crippen LogP contribution in [0.25, 0.3) is 16.9 Å². The molecule has 0 bridgehead atoms. The number of halogens is 3. The molecule has 0 saturated carbocycles. The standard InChI is InChI=1S/C22H15F3N2Se/c23-22(24,25)17-11-13-18(14-12-17)27-21(16-7-3-1-4-8-16)20(15-26-27)28-19-9-5-2-6-10-19/h1-15H. The Morgan fingerprint density at radius 3 is 1.96 bits per heavy atom. The van der Waals surface area contributed by atoms with E-state index in [-0.39, 0.29) is 15.0 Å². The second-order valence-electron chi connectivity index (χ2n) is 6.10. The molecule has 2 nitrogen and oxygen atoms in total. The molecule has 0 unspecified atom stereocenters. The molecule has 0 spiro atoms. The molecule has 0 radical (unpaired) electrons. The zero-order valence-electron chi connectivity index (χ0n) is 14.6. The van der Waals surface area contributed by atoms with Crippen molar-refractivity contribution in [1.82, 2.24) is 9.78 Å². The van der Waals surface area contributed by atoms with Gasteiger partial charge in [0.25, 0.3) is 0 Å². The molecule has 4 rings (SSSR count). The molecular weight excluding hydrogens is 428 g/mol. The van der Waals surface area contributed by atoms with Crippen LogP contribution in [0, 0.1) is 0 Å². The Kier molecular flexibility index (Phi) is 5.07. The van der Waals surface area contributed by atoms with Gasteiger partial charge in [-0.05, 0) is 0 Å². The number of alkyl halides is 3. The van der Waals surface area contributed by atoms with E-state index in [0.29, 0.717) is 5.69 Å². The maximum absolute atomic E-state index is 12.9. The third-order valence-corrected chi connectivity index (χ3v) is 6.35. The molecule has 1 aromatic heterocycles. The third kappa shape index (κ3) is 3.88. The summed E-state index contributed by atoms with van der Waals surface area (Å²) in [6.45, 7) is 0. The number of nitrogens with zero attached hydrogens (tertiary/aromatic N) is 2. The van der Waals surface area contributed by atoms with Crippen LogP contribution < -0.4 is 8.92 Å². The fourth-order valence-corrected chi connectivity index (χ4v) is 4.86. The van der Waals surface area contributed by atoms with Crippen molar-refractivity contribution in [1.29, 1.82) is 0 Å². The van der Waals surface area contributed by atoms with Crippen molar-refractivity contribution in [2.75, 3.05) is 0 Å². The molecule has 0 N–H and O–H groups in total. The Balaban J connectivity index is 1.79. The monoisotopic (exact) mass is 444 g/mol. The van der Waals surface area contributed by atoms with E-state index in [2.05, 4.69) is 17.2 Å². The first-order chi connectivity index (χ1) is 13.5. The van der Waals surface area contributed by atoms with Crippen LogP contribution in [0.4, 0.5) is 13.2 Å². The van der Waals surface area contributed by atoms with Gasteiger partial charge in [0.2, 0.25) is 0 Å². The SMILES string of the molecule is FC(F)(F)c1ccc(-n2ncc([Se]c3ccccc3)c2-c2ccccc2)cc1. The van der Waals surface area contributed by atoms with Gasteiger partial charge in [0, 0.05) is 0 Å². The van der Waals surface area contributed by atoms with Crippen LogP contribution in [0.3, 0.4) is 0 Å². The molecule has 3 aromatic carbocycles.